The highest BCUT2D eigenvalue weighted by Crippen LogP contribution is 2.68. The molecule has 0 spiro atoms. The summed E-state index contributed by atoms with van der Waals surface area (Å²) in [5.41, 5.74) is 2.62. The summed E-state index contributed by atoms with van der Waals surface area (Å²) in [5.74, 6) is 2.94. The van der Waals surface area contributed by atoms with E-state index in [1.54, 1.807) is 0 Å². The van der Waals surface area contributed by atoms with Crippen LogP contribution >= 0.6 is 0 Å². The summed E-state index contributed by atoms with van der Waals surface area (Å²) in [6.45, 7) is 7.60. The van der Waals surface area contributed by atoms with Gasteiger partial charge in [-0.15, -0.1) is 0 Å². The van der Waals surface area contributed by atoms with Gasteiger partial charge in [-0.3, -0.25) is 4.79 Å². The van der Waals surface area contributed by atoms with Gasteiger partial charge in [-0.05, 0) is 101 Å². The first kappa shape index (κ1) is 16.8. The molecule has 0 aromatic carbocycles. The van der Waals surface area contributed by atoms with E-state index >= 15 is 0 Å². The zero-order valence-electron chi connectivity index (χ0n) is 16.3. The van der Waals surface area contributed by atoms with Crippen molar-refractivity contribution >= 4 is 5.78 Å². The number of fused-ring (bicyclic) bond motifs is 5. The molecule has 134 valence electrons. The normalized spacial score (nSPS) is 51.0. The molecule has 0 bridgehead atoms. The minimum Gasteiger partial charge on any atom is -0.303 e. The SMILES string of the molecule is CN(C)[C@@]1(C)CC[C@@H]2[C@H]3CCC4=CC(=O)CC[C@@]4(C)[C@@H]3CC[C@@]21C. The van der Waals surface area contributed by atoms with Crippen LogP contribution in [0.15, 0.2) is 11.6 Å². The van der Waals surface area contributed by atoms with Crippen molar-refractivity contribution in [2.75, 3.05) is 14.1 Å². The molecule has 4 aliphatic rings. The van der Waals surface area contributed by atoms with Gasteiger partial charge >= 0.3 is 0 Å². The van der Waals surface area contributed by atoms with Crippen molar-refractivity contribution in [1.29, 1.82) is 0 Å². The third-order valence-corrected chi connectivity index (χ3v) is 9.51. The molecule has 6 atom stereocenters. The number of carbonyl (C=O) groups excluding carboxylic acids is 1. The van der Waals surface area contributed by atoms with Crippen molar-refractivity contribution in [3.8, 4) is 0 Å². The summed E-state index contributed by atoms with van der Waals surface area (Å²) < 4.78 is 0. The monoisotopic (exact) mass is 329 g/mol. The highest BCUT2D eigenvalue weighted by Gasteiger charge is 2.63. The molecule has 0 N–H and O–H groups in total. The number of rotatable bonds is 1. The van der Waals surface area contributed by atoms with Crippen LogP contribution in [0.2, 0.25) is 0 Å². The molecule has 0 amide bonds. The van der Waals surface area contributed by atoms with Gasteiger partial charge in [-0.1, -0.05) is 19.4 Å². The van der Waals surface area contributed by atoms with Gasteiger partial charge in [0.25, 0.3) is 0 Å². The molecule has 2 nitrogen and oxygen atoms in total. The lowest BCUT2D eigenvalue weighted by atomic mass is 9.46. The Morgan fingerprint density at radius 2 is 1.67 bits per heavy atom. The van der Waals surface area contributed by atoms with Gasteiger partial charge < -0.3 is 4.90 Å². The zero-order chi connectivity index (χ0) is 17.3. The van der Waals surface area contributed by atoms with E-state index in [2.05, 4.69) is 39.8 Å². The second kappa shape index (κ2) is 5.19. The summed E-state index contributed by atoms with van der Waals surface area (Å²) in [6, 6.07) is 0. The lowest BCUT2D eigenvalue weighted by Gasteiger charge is -2.60. The molecule has 24 heavy (non-hydrogen) atoms. The number of nitrogens with zero attached hydrogens (tertiary/aromatic N) is 1. The Balaban J connectivity index is 1.69. The first-order valence-corrected chi connectivity index (χ1v) is 10.1. The highest BCUT2D eigenvalue weighted by molar-refractivity contribution is 5.91. The number of ketones is 1. The summed E-state index contributed by atoms with van der Waals surface area (Å²) >= 11 is 0. The van der Waals surface area contributed by atoms with Gasteiger partial charge in [0.1, 0.15) is 0 Å². The third-order valence-electron chi connectivity index (χ3n) is 9.51. The molecular weight excluding hydrogens is 294 g/mol. The molecule has 3 fully saturated rings. The molecule has 4 rings (SSSR count). The van der Waals surface area contributed by atoms with Crippen LogP contribution in [0.5, 0.6) is 0 Å². The Kier molecular flexibility index (Phi) is 3.64. The Morgan fingerprint density at radius 1 is 0.958 bits per heavy atom. The highest BCUT2D eigenvalue weighted by atomic mass is 16.1. The van der Waals surface area contributed by atoms with Crippen molar-refractivity contribution in [1.82, 2.24) is 4.90 Å². The fourth-order valence-electron chi connectivity index (χ4n) is 7.54. The first-order chi connectivity index (χ1) is 11.2. The van der Waals surface area contributed by atoms with Crippen LogP contribution in [0.4, 0.5) is 0 Å². The van der Waals surface area contributed by atoms with E-state index in [4.69, 9.17) is 0 Å². The smallest absolute Gasteiger partial charge is 0.155 e. The van der Waals surface area contributed by atoms with Crippen molar-refractivity contribution in [3.05, 3.63) is 11.6 Å². The van der Waals surface area contributed by atoms with E-state index in [0.717, 1.165) is 30.6 Å². The molecule has 0 aromatic rings. The third kappa shape index (κ3) is 1.95. The molecule has 0 radical (unpaired) electrons. The molecule has 3 saturated carbocycles. The standard InChI is InChI=1S/C22H35NO/c1-20-11-8-16(24)14-15(20)6-7-17-18(20)9-12-21(2)19(17)10-13-22(21,3)23(4)5/h14,17-19H,6-13H2,1-5H3/t17-,18+,19+,20+,21-,22-/m0/s1. The van der Waals surface area contributed by atoms with E-state index in [0.29, 0.717) is 22.2 Å². The van der Waals surface area contributed by atoms with Gasteiger partial charge in [0, 0.05) is 12.0 Å². The number of carbonyl (C=O) groups is 1. The Labute approximate surface area is 148 Å². The lowest BCUT2D eigenvalue weighted by molar-refractivity contribution is -0.118. The number of hydrogen-bond donors (Lipinski definition) is 0. The number of allylic oxidation sites excluding steroid dienone is 1. The van der Waals surface area contributed by atoms with Gasteiger partial charge in [-0.25, -0.2) is 0 Å². The zero-order valence-corrected chi connectivity index (χ0v) is 16.3. The fraction of sp³-hybridized carbons (Fsp3) is 0.864. The average Bonchev–Trinajstić information content (AvgIpc) is 2.81. The van der Waals surface area contributed by atoms with Crippen LogP contribution in [-0.2, 0) is 4.79 Å². The Morgan fingerprint density at radius 3 is 2.38 bits per heavy atom. The minimum atomic E-state index is 0.315. The first-order valence-electron chi connectivity index (χ1n) is 10.1. The second-order valence-electron chi connectivity index (χ2n) is 10.1. The van der Waals surface area contributed by atoms with Crippen molar-refractivity contribution in [2.45, 2.75) is 77.7 Å². The average molecular weight is 330 g/mol. The van der Waals surface area contributed by atoms with Crippen LogP contribution in [0.1, 0.15) is 72.1 Å². The summed E-state index contributed by atoms with van der Waals surface area (Å²) in [4.78, 5) is 14.4. The van der Waals surface area contributed by atoms with E-state index < -0.39 is 0 Å². The van der Waals surface area contributed by atoms with E-state index in [1.807, 2.05) is 6.08 Å². The molecule has 4 aliphatic carbocycles. The quantitative estimate of drug-likeness (QED) is 0.686. The van der Waals surface area contributed by atoms with E-state index in [9.17, 15) is 4.79 Å². The Hall–Kier alpha value is -0.630. The van der Waals surface area contributed by atoms with E-state index in [1.165, 1.54) is 44.1 Å². The molecule has 0 aliphatic heterocycles. The minimum absolute atomic E-state index is 0.315. The van der Waals surface area contributed by atoms with Crippen LogP contribution in [0.3, 0.4) is 0 Å². The molecular formula is C22H35NO. The topological polar surface area (TPSA) is 20.3 Å². The maximum absolute atomic E-state index is 11.9. The van der Waals surface area contributed by atoms with Crippen molar-refractivity contribution in [2.24, 2.45) is 28.6 Å². The molecule has 0 saturated heterocycles. The maximum Gasteiger partial charge on any atom is 0.155 e. The molecule has 0 aromatic heterocycles. The molecule has 0 unspecified atom stereocenters. The van der Waals surface area contributed by atoms with Crippen molar-refractivity contribution < 1.29 is 4.79 Å². The second-order valence-corrected chi connectivity index (χ2v) is 10.1. The van der Waals surface area contributed by atoms with Gasteiger partial charge in [0.15, 0.2) is 5.78 Å². The maximum atomic E-state index is 11.9. The molecule has 0 heterocycles. The van der Waals surface area contributed by atoms with Gasteiger partial charge in [-0.2, -0.15) is 0 Å². The van der Waals surface area contributed by atoms with E-state index in [-0.39, 0.29) is 0 Å². The largest absolute Gasteiger partial charge is 0.303 e. The summed E-state index contributed by atoms with van der Waals surface area (Å²) in [5, 5.41) is 0. The van der Waals surface area contributed by atoms with Crippen LogP contribution in [0.25, 0.3) is 0 Å². The van der Waals surface area contributed by atoms with Gasteiger partial charge in [0.2, 0.25) is 0 Å². The summed E-state index contributed by atoms with van der Waals surface area (Å²) in [7, 11) is 4.57. The Bertz CT molecular complexity index is 593. The van der Waals surface area contributed by atoms with Crippen LogP contribution in [0, 0.1) is 28.6 Å². The summed E-state index contributed by atoms with van der Waals surface area (Å²) in [6.07, 6.45) is 11.9. The van der Waals surface area contributed by atoms with Crippen LogP contribution < -0.4 is 0 Å². The number of hydrogen-bond acceptors (Lipinski definition) is 2. The predicted molar refractivity (Wildman–Crippen MR) is 98.8 cm³/mol. The van der Waals surface area contributed by atoms with Crippen molar-refractivity contribution in [3.63, 3.8) is 0 Å². The fourth-order valence-corrected chi connectivity index (χ4v) is 7.54. The lowest BCUT2D eigenvalue weighted by Crippen LogP contribution is -2.58. The predicted octanol–water partition coefficient (Wildman–Crippen LogP) is 4.84. The molecule has 2 heteroatoms. The van der Waals surface area contributed by atoms with Crippen LogP contribution in [-0.4, -0.2) is 30.3 Å². The van der Waals surface area contributed by atoms with Gasteiger partial charge in [0.05, 0.1) is 0 Å².